The fourth-order valence-electron chi connectivity index (χ4n) is 2.63. The highest BCUT2D eigenvalue weighted by Crippen LogP contribution is 2.39. The van der Waals surface area contributed by atoms with Crippen LogP contribution in [-0.4, -0.2) is 9.78 Å². The molecule has 2 nitrogen and oxygen atoms in total. The van der Waals surface area contributed by atoms with Crippen LogP contribution in [0.5, 0.6) is 0 Å². The third kappa shape index (κ3) is 1.73. The van der Waals surface area contributed by atoms with Gasteiger partial charge in [0.15, 0.2) is 0 Å². The van der Waals surface area contributed by atoms with Crippen molar-refractivity contribution in [3.05, 3.63) is 46.2 Å². The van der Waals surface area contributed by atoms with Crippen LogP contribution in [0.1, 0.15) is 31.5 Å². The minimum atomic E-state index is 0.235. The van der Waals surface area contributed by atoms with Crippen molar-refractivity contribution in [3.8, 4) is 5.69 Å². The van der Waals surface area contributed by atoms with Crippen LogP contribution in [0, 0.1) is 0 Å². The standard InChI is InChI=1S/C14H15BrN2/c1-14(2)8-7-10-9-16-17(13(10)14)12-5-3-11(15)4-6-12/h3-6,9H,7-8H2,1-2H3. The molecule has 0 bridgehead atoms. The second kappa shape index (κ2) is 3.70. The first-order valence-corrected chi connectivity index (χ1v) is 6.70. The van der Waals surface area contributed by atoms with E-state index in [2.05, 4.69) is 63.8 Å². The zero-order valence-electron chi connectivity index (χ0n) is 10.1. The summed E-state index contributed by atoms with van der Waals surface area (Å²) >= 11 is 3.46. The van der Waals surface area contributed by atoms with Crippen molar-refractivity contribution >= 4 is 15.9 Å². The van der Waals surface area contributed by atoms with Crippen LogP contribution < -0.4 is 0 Å². The Balaban J connectivity index is 2.14. The summed E-state index contributed by atoms with van der Waals surface area (Å²) in [5.74, 6) is 0. The highest BCUT2D eigenvalue weighted by molar-refractivity contribution is 9.10. The summed E-state index contributed by atoms with van der Waals surface area (Å²) < 4.78 is 3.19. The number of rotatable bonds is 1. The van der Waals surface area contributed by atoms with Crippen molar-refractivity contribution < 1.29 is 0 Å². The summed E-state index contributed by atoms with van der Waals surface area (Å²) in [6.07, 6.45) is 4.39. The van der Waals surface area contributed by atoms with Crippen molar-refractivity contribution in [1.82, 2.24) is 9.78 Å². The third-order valence-corrected chi connectivity index (χ3v) is 4.11. The first kappa shape index (κ1) is 11.0. The summed E-state index contributed by atoms with van der Waals surface area (Å²) in [6.45, 7) is 4.60. The fraction of sp³-hybridized carbons (Fsp3) is 0.357. The van der Waals surface area contributed by atoms with E-state index in [9.17, 15) is 0 Å². The number of halogens is 1. The van der Waals surface area contributed by atoms with Gasteiger partial charge in [0.25, 0.3) is 0 Å². The summed E-state index contributed by atoms with van der Waals surface area (Å²) in [7, 11) is 0. The van der Waals surface area contributed by atoms with Gasteiger partial charge >= 0.3 is 0 Å². The number of aromatic nitrogens is 2. The Bertz CT molecular complexity index is 552. The summed E-state index contributed by atoms with van der Waals surface area (Å²) in [4.78, 5) is 0. The maximum Gasteiger partial charge on any atom is 0.0649 e. The molecule has 0 unspecified atom stereocenters. The first-order valence-electron chi connectivity index (χ1n) is 5.91. The second-order valence-corrected chi connectivity index (χ2v) is 6.21. The molecule has 0 fully saturated rings. The molecule has 3 heteroatoms. The normalized spacial score (nSPS) is 17.1. The Morgan fingerprint density at radius 3 is 2.65 bits per heavy atom. The average molecular weight is 291 g/mol. The molecular weight excluding hydrogens is 276 g/mol. The fourth-order valence-corrected chi connectivity index (χ4v) is 2.89. The van der Waals surface area contributed by atoms with Gasteiger partial charge in [-0.2, -0.15) is 5.10 Å². The van der Waals surface area contributed by atoms with Crippen LogP contribution in [0.25, 0.3) is 5.69 Å². The number of benzene rings is 1. The molecule has 0 aliphatic heterocycles. The molecule has 88 valence electrons. The van der Waals surface area contributed by atoms with Gasteiger partial charge in [0.2, 0.25) is 0 Å². The summed E-state index contributed by atoms with van der Waals surface area (Å²) in [5.41, 5.74) is 4.15. The van der Waals surface area contributed by atoms with E-state index in [1.54, 1.807) is 0 Å². The first-order chi connectivity index (χ1) is 8.08. The molecule has 0 amide bonds. The zero-order valence-corrected chi connectivity index (χ0v) is 11.7. The van der Waals surface area contributed by atoms with Crippen molar-refractivity contribution in [2.75, 3.05) is 0 Å². The number of hydrogen-bond acceptors (Lipinski definition) is 1. The Morgan fingerprint density at radius 1 is 1.24 bits per heavy atom. The number of fused-ring (bicyclic) bond motifs is 1. The Morgan fingerprint density at radius 2 is 1.94 bits per heavy atom. The Hall–Kier alpha value is -1.09. The smallest absolute Gasteiger partial charge is 0.0649 e. The van der Waals surface area contributed by atoms with Crippen LogP contribution >= 0.6 is 15.9 Å². The van der Waals surface area contributed by atoms with Gasteiger partial charge in [0, 0.05) is 9.89 Å². The van der Waals surface area contributed by atoms with Crippen LogP contribution in [-0.2, 0) is 11.8 Å². The molecule has 1 aliphatic rings. The minimum Gasteiger partial charge on any atom is -0.237 e. The van der Waals surface area contributed by atoms with Gasteiger partial charge in [-0.05, 0) is 42.7 Å². The molecule has 1 heterocycles. The van der Waals surface area contributed by atoms with Gasteiger partial charge in [-0.25, -0.2) is 4.68 Å². The molecular formula is C14H15BrN2. The third-order valence-electron chi connectivity index (χ3n) is 3.58. The van der Waals surface area contributed by atoms with Crippen molar-refractivity contribution in [1.29, 1.82) is 0 Å². The molecule has 0 saturated heterocycles. The SMILES string of the molecule is CC1(C)CCc2cnn(-c3ccc(Br)cc3)c21. The van der Waals surface area contributed by atoms with Crippen LogP contribution in [0.3, 0.4) is 0 Å². The monoisotopic (exact) mass is 290 g/mol. The summed E-state index contributed by atoms with van der Waals surface area (Å²) in [5, 5.41) is 4.53. The van der Waals surface area contributed by atoms with E-state index in [0.29, 0.717) is 0 Å². The zero-order chi connectivity index (χ0) is 12.0. The molecule has 0 saturated carbocycles. The van der Waals surface area contributed by atoms with Gasteiger partial charge < -0.3 is 0 Å². The quantitative estimate of drug-likeness (QED) is 0.780. The Labute approximate surface area is 110 Å². The molecule has 2 aromatic rings. The lowest BCUT2D eigenvalue weighted by Gasteiger charge is -2.20. The number of aryl methyl sites for hydroxylation is 1. The van der Waals surface area contributed by atoms with E-state index in [-0.39, 0.29) is 5.41 Å². The van der Waals surface area contributed by atoms with Gasteiger partial charge in [0.05, 0.1) is 17.6 Å². The van der Waals surface area contributed by atoms with E-state index < -0.39 is 0 Å². The second-order valence-electron chi connectivity index (χ2n) is 5.29. The Kier molecular flexibility index (Phi) is 2.40. The van der Waals surface area contributed by atoms with E-state index >= 15 is 0 Å². The maximum absolute atomic E-state index is 4.53. The van der Waals surface area contributed by atoms with Crippen LogP contribution in [0.2, 0.25) is 0 Å². The van der Waals surface area contributed by atoms with Crippen molar-refractivity contribution in [2.45, 2.75) is 32.1 Å². The minimum absolute atomic E-state index is 0.235. The summed E-state index contributed by atoms with van der Waals surface area (Å²) in [6, 6.07) is 8.33. The average Bonchev–Trinajstić information content (AvgIpc) is 2.83. The molecule has 0 atom stereocenters. The number of nitrogens with zero attached hydrogens (tertiary/aromatic N) is 2. The van der Waals surface area contributed by atoms with Crippen molar-refractivity contribution in [2.24, 2.45) is 0 Å². The van der Waals surface area contributed by atoms with Gasteiger partial charge in [-0.15, -0.1) is 0 Å². The molecule has 1 aliphatic carbocycles. The highest BCUT2D eigenvalue weighted by atomic mass is 79.9. The molecule has 17 heavy (non-hydrogen) atoms. The van der Waals surface area contributed by atoms with Crippen molar-refractivity contribution in [3.63, 3.8) is 0 Å². The maximum atomic E-state index is 4.53. The van der Waals surface area contributed by atoms with E-state index in [4.69, 9.17) is 0 Å². The molecule has 0 spiro atoms. The highest BCUT2D eigenvalue weighted by Gasteiger charge is 2.34. The van der Waals surface area contributed by atoms with E-state index in [0.717, 1.165) is 16.6 Å². The largest absolute Gasteiger partial charge is 0.237 e. The predicted octanol–water partition coefficient (Wildman–Crippen LogP) is 3.86. The topological polar surface area (TPSA) is 17.8 Å². The lowest BCUT2D eigenvalue weighted by atomic mass is 9.90. The van der Waals surface area contributed by atoms with Gasteiger partial charge in [-0.1, -0.05) is 29.8 Å². The van der Waals surface area contributed by atoms with E-state index in [1.165, 1.54) is 17.7 Å². The molecule has 0 radical (unpaired) electrons. The number of hydrogen-bond donors (Lipinski definition) is 0. The molecule has 1 aromatic heterocycles. The lowest BCUT2D eigenvalue weighted by Crippen LogP contribution is -2.18. The lowest BCUT2D eigenvalue weighted by molar-refractivity contribution is 0.489. The van der Waals surface area contributed by atoms with Crippen LogP contribution in [0.15, 0.2) is 34.9 Å². The van der Waals surface area contributed by atoms with E-state index in [1.807, 2.05) is 6.20 Å². The predicted molar refractivity (Wildman–Crippen MR) is 72.6 cm³/mol. The molecule has 1 aromatic carbocycles. The van der Waals surface area contributed by atoms with Gasteiger partial charge in [-0.3, -0.25) is 0 Å². The molecule has 0 N–H and O–H groups in total. The molecule has 3 rings (SSSR count). The van der Waals surface area contributed by atoms with Gasteiger partial charge in [0.1, 0.15) is 0 Å². The van der Waals surface area contributed by atoms with Crippen LogP contribution in [0.4, 0.5) is 0 Å².